The van der Waals surface area contributed by atoms with E-state index in [1.807, 2.05) is 12.1 Å². The van der Waals surface area contributed by atoms with Gasteiger partial charge in [0.15, 0.2) is 5.82 Å². The average Bonchev–Trinajstić information content (AvgIpc) is 3.20. The van der Waals surface area contributed by atoms with Crippen molar-refractivity contribution in [3.63, 3.8) is 0 Å². The highest BCUT2D eigenvalue weighted by Gasteiger charge is 2.11. The highest BCUT2D eigenvalue weighted by Crippen LogP contribution is 2.35. The molecule has 2 heterocycles. The first-order chi connectivity index (χ1) is 12.4. The number of H-pyrrole nitrogens is 1. The second-order valence-electron chi connectivity index (χ2n) is 5.65. The Balaban J connectivity index is 1.61. The first-order valence-electron chi connectivity index (χ1n) is 7.52. The Morgan fingerprint density at radius 3 is 2.62 bits per heavy atom. The quantitative estimate of drug-likeness (QED) is 0.429. The minimum Gasteiger partial charge on any atom is -0.339 e. The van der Waals surface area contributed by atoms with Gasteiger partial charge >= 0.3 is 0 Å². The molecule has 0 fully saturated rings. The van der Waals surface area contributed by atoms with Crippen molar-refractivity contribution in [1.82, 2.24) is 10.2 Å². The summed E-state index contributed by atoms with van der Waals surface area (Å²) in [5, 5.41) is 18.8. The number of halogens is 1. The zero-order chi connectivity index (χ0) is 18.3. The number of aromatic amines is 1. The molecular weight excluding hydrogens is 436 g/mol. The third kappa shape index (κ3) is 3.38. The van der Waals surface area contributed by atoms with Crippen LogP contribution < -0.4 is 10.5 Å². The fourth-order valence-electron chi connectivity index (χ4n) is 2.61. The maximum absolute atomic E-state index is 11.3. The maximum Gasteiger partial charge on any atom is 0.238 e. The van der Waals surface area contributed by atoms with Crippen molar-refractivity contribution in [2.45, 2.75) is 4.90 Å². The number of sulfonamides is 1. The molecule has 4 rings (SSSR count). The van der Waals surface area contributed by atoms with Crippen molar-refractivity contribution < 1.29 is 8.42 Å². The first-order valence-corrected chi connectivity index (χ1v) is 10.7. The second kappa shape index (κ2) is 6.51. The third-order valence-corrected chi connectivity index (χ3v) is 6.24. The van der Waals surface area contributed by atoms with Gasteiger partial charge in [-0.15, -0.1) is 11.3 Å². The Kier molecular flexibility index (Phi) is 4.31. The number of aromatic nitrogens is 2. The van der Waals surface area contributed by atoms with Gasteiger partial charge in [-0.3, -0.25) is 5.10 Å². The van der Waals surface area contributed by atoms with Crippen LogP contribution in [-0.4, -0.2) is 18.6 Å². The van der Waals surface area contributed by atoms with Gasteiger partial charge < -0.3 is 5.32 Å². The van der Waals surface area contributed by atoms with Gasteiger partial charge in [0, 0.05) is 37.3 Å². The molecule has 2 aromatic carbocycles. The van der Waals surface area contributed by atoms with Crippen LogP contribution in [0, 0.1) is 0 Å². The molecule has 0 spiro atoms. The monoisotopic (exact) mass is 448 g/mol. The van der Waals surface area contributed by atoms with Crippen LogP contribution in [0.1, 0.15) is 0 Å². The van der Waals surface area contributed by atoms with Gasteiger partial charge in [0.25, 0.3) is 0 Å². The third-order valence-electron chi connectivity index (χ3n) is 3.86. The van der Waals surface area contributed by atoms with Crippen molar-refractivity contribution in [3.8, 4) is 11.3 Å². The molecule has 9 heteroatoms. The molecule has 0 amide bonds. The van der Waals surface area contributed by atoms with Crippen LogP contribution in [0.3, 0.4) is 0 Å². The number of anilines is 2. The molecule has 26 heavy (non-hydrogen) atoms. The van der Waals surface area contributed by atoms with Crippen LogP contribution in [0.5, 0.6) is 0 Å². The summed E-state index contributed by atoms with van der Waals surface area (Å²) in [6.07, 6.45) is 0. The summed E-state index contributed by atoms with van der Waals surface area (Å²) < 4.78 is 24.8. The van der Waals surface area contributed by atoms with E-state index in [-0.39, 0.29) is 4.90 Å². The maximum atomic E-state index is 11.3. The Bertz CT molecular complexity index is 1200. The number of nitrogens with two attached hydrogens (primary N) is 1. The van der Waals surface area contributed by atoms with Crippen molar-refractivity contribution in [2.75, 3.05) is 5.32 Å². The van der Waals surface area contributed by atoms with Gasteiger partial charge in [-0.2, -0.15) is 5.10 Å². The minimum absolute atomic E-state index is 0.0705. The van der Waals surface area contributed by atoms with Crippen molar-refractivity contribution in [3.05, 3.63) is 58.4 Å². The molecule has 4 N–H and O–H groups in total. The predicted octanol–water partition coefficient (Wildman–Crippen LogP) is 4.44. The molecular formula is C17H13BrN4O2S2. The van der Waals surface area contributed by atoms with E-state index in [0.29, 0.717) is 11.5 Å². The predicted molar refractivity (Wildman–Crippen MR) is 108 cm³/mol. The second-order valence-corrected chi connectivity index (χ2v) is 9.04. The number of hydrogen-bond donors (Lipinski definition) is 3. The van der Waals surface area contributed by atoms with Crippen LogP contribution in [0.15, 0.2) is 63.3 Å². The number of rotatable bonds is 4. The summed E-state index contributed by atoms with van der Waals surface area (Å²) in [6, 6.07) is 14.3. The van der Waals surface area contributed by atoms with E-state index < -0.39 is 10.0 Å². The molecule has 0 aliphatic heterocycles. The lowest BCUT2D eigenvalue weighted by molar-refractivity contribution is 0.598. The minimum atomic E-state index is -3.69. The van der Waals surface area contributed by atoms with Crippen LogP contribution in [-0.2, 0) is 10.0 Å². The van der Waals surface area contributed by atoms with Crippen LogP contribution >= 0.6 is 27.3 Å². The van der Waals surface area contributed by atoms with E-state index in [2.05, 4.69) is 49.0 Å². The number of benzene rings is 2. The molecule has 0 radical (unpaired) electrons. The molecule has 0 aliphatic carbocycles. The summed E-state index contributed by atoms with van der Waals surface area (Å²) in [7, 11) is -3.69. The largest absolute Gasteiger partial charge is 0.339 e. The Labute approximate surface area is 162 Å². The van der Waals surface area contributed by atoms with Gasteiger partial charge in [0.05, 0.1) is 10.6 Å². The molecule has 0 bridgehead atoms. The number of fused-ring (bicyclic) bond motifs is 1. The topological polar surface area (TPSA) is 101 Å². The summed E-state index contributed by atoms with van der Waals surface area (Å²) in [6.45, 7) is 0. The Morgan fingerprint density at radius 2 is 1.88 bits per heavy atom. The fraction of sp³-hybridized carbons (Fsp3) is 0. The molecule has 6 nitrogen and oxygen atoms in total. The molecule has 0 saturated carbocycles. The summed E-state index contributed by atoms with van der Waals surface area (Å²) in [5.74, 6) is 0.637. The molecule has 4 aromatic rings. The molecule has 0 aliphatic rings. The zero-order valence-corrected chi connectivity index (χ0v) is 16.5. The van der Waals surface area contributed by atoms with E-state index in [1.165, 1.54) is 16.8 Å². The zero-order valence-electron chi connectivity index (χ0n) is 13.2. The molecule has 0 atom stereocenters. The van der Waals surface area contributed by atoms with E-state index in [9.17, 15) is 8.42 Å². The van der Waals surface area contributed by atoms with Gasteiger partial charge in [-0.05, 0) is 42.5 Å². The van der Waals surface area contributed by atoms with E-state index in [1.54, 1.807) is 23.5 Å². The lowest BCUT2D eigenvalue weighted by atomic mass is 10.1. The SMILES string of the molecule is NS(=O)(=O)c1ccc(Nc2cc(-c3csc4ccc(Br)cc34)[nH]n2)cc1. The van der Waals surface area contributed by atoms with Crippen LogP contribution in [0.4, 0.5) is 11.5 Å². The molecule has 2 aromatic heterocycles. The van der Waals surface area contributed by atoms with E-state index in [4.69, 9.17) is 5.14 Å². The van der Waals surface area contributed by atoms with E-state index in [0.717, 1.165) is 21.1 Å². The highest BCUT2D eigenvalue weighted by atomic mass is 79.9. The molecule has 132 valence electrons. The number of hydrogen-bond acceptors (Lipinski definition) is 5. The van der Waals surface area contributed by atoms with Crippen LogP contribution in [0.2, 0.25) is 0 Å². The molecule has 0 unspecified atom stereocenters. The summed E-state index contributed by atoms with van der Waals surface area (Å²) in [4.78, 5) is 0.0705. The average molecular weight is 449 g/mol. The summed E-state index contributed by atoms with van der Waals surface area (Å²) >= 11 is 5.18. The number of thiophene rings is 1. The molecule has 0 saturated heterocycles. The van der Waals surface area contributed by atoms with E-state index >= 15 is 0 Å². The lowest BCUT2D eigenvalue weighted by Gasteiger charge is -2.03. The van der Waals surface area contributed by atoms with Gasteiger partial charge in [-0.1, -0.05) is 15.9 Å². The number of primary sulfonamides is 1. The van der Waals surface area contributed by atoms with Gasteiger partial charge in [0.2, 0.25) is 10.0 Å². The Hall–Kier alpha value is -2.20. The highest BCUT2D eigenvalue weighted by molar-refractivity contribution is 9.10. The normalized spacial score (nSPS) is 11.8. The lowest BCUT2D eigenvalue weighted by Crippen LogP contribution is -2.11. The smallest absolute Gasteiger partial charge is 0.238 e. The Morgan fingerprint density at radius 1 is 1.12 bits per heavy atom. The number of nitrogens with zero attached hydrogens (tertiary/aromatic N) is 1. The van der Waals surface area contributed by atoms with Gasteiger partial charge in [-0.25, -0.2) is 13.6 Å². The van der Waals surface area contributed by atoms with Gasteiger partial charge in [0.1, 0.15) is 0 Å². The van der Waals surface area contributed by atoms with Crippen molar-refractivity contribution in [2.24, 2.45) is 5.14 Å². The van der Waals surface area contributed by atoms with Crippen molar-refractivity contribution >= 4 is 58.9 Å². The standard InChI is InChI=1S/C17H13BrN4O2S2/c18-10-1-6-16-13(7-10)14(9-25-16)15-8-17(22-21-15)20-11-2-4-12(5-3-11)26(19,23)24/h1-9H,(H2,19,23,24)(H2,20,21,22). The summed E-state index contributed by atoms with van der Waals surface area (Å²) in [5.41, 5.74) is 2.70. The van der Waals surface area contributed by atoms with Crippen molar-refractivity contribution in [1.29, 1.82) is 0 Å². The van der Waals surface area contributed by atoms with Crippen LogP contribution in [0.25, 0.3) is 21.3 Å². The first kappa shape index (κ1) is 17.2. The fourth-order valence-corrected chi connectivity index (χ4v) is 4.43. The number of nitrogens with one attached hydrogen (secondary N) is 2.